The van der Waals surface area contributed by atoms with Crippen LogP contribution in [0.1, 0.15) is 13.3 Å². The lowest BCUT2D eigenvalue weighted by Gasteiger charge is -2.22. The molecule has 1 N–H and O–H groups in total. The summed E-state index contributed by atoms with van der Waals surface area (Å²) in [5, 5.41) is 9.16. The fourth-order valence-corrected chi connectivity index (χ4v) is 2.32. The highest BCUT2D eigenvalue weighted by Gasteiger charge is 2.36. The van der Waals surface area contributed by atoms with Gasteiger partial charge in [-0.2, -0.15) is 0 Å². The summed E-state index contributed by atoms with van der Waals surface area (Å²) < 4.78 is 15.6. The largest absolute Gasteiger partial charge is 0.480 e. The molecular formula is C13H25NO5. The SMILES string of the molecule is COCCOCCOCCN1CCC(C)C1C(=O)O. The van der Waals surface area contributed by atoms with Gasteiger partial charge in [0.2, 0.25) is 0 Å². The molecule has 1 saturated heterocycles. The highest BCUT2D eigenvalue weighted by molar-refractivity contribution is 5.74. The zero-order valence-electron chi connectivity index (χ0n) is 11.8. The zero-order valence-corrected chi connectivity index (χ0v) is 11.8. The summed E-state index contributed by atoms with van der Waals surface area (Å²) >= 11 is 0. The molecule has 0 saturated carbocycles. The van der Waals surface area contributed by atoms with E-state index >= 15 is 0 Å². The minimum Gasteiger partial charge on any atom is -0.480 e. The van der Waals surface area contributed by atoms with E-state index in [0.29, 0.717) is 39.6 Å². The Bertz CT molecular complexity index is 261. The summed E-state index contributed by atoms with van der Waals surface area (Å²) in [5.74, 6) is -0.511. The van der Waals surface area contributed by atoms with E-state index in [-0.39, 0.29) is 12.0 Å². The van der Waals surface area contributed by atoms with Crippen LogP contribution in [0.5, 0.6) is 0 Å². The molecule has 19 heavy (non-hydrogen) atoms. The van der Waals surface area contributed by atoms with Gasteiger partial charge in [-0.25, -0.2) is 0 Å². The van der Waals surface area contributed by atoms with Gasteiger partial charge < -0.3 is 19.3 Å². The molecule has 0 aromatic carbocycles. The van der Waals surface area contributed by atoms with Crippen LogP contribution in [0.2, 0.25) is 0 Å². The first-order valence-corrected chi connectivity index (χ1v) is 6.78. The van der Waals surface area contributed by atoms with Gasteiger partial charge in [-0.15, -0.1) is 0 Å². The van der Waals surface area contributed by atoms with Crippen molar-refractivity contribution in [3.63, 3.8) is 0 Å². The van der Waals surface area contributed by atoms with Crippen molar-refractivity contribution < 1.29 is 24.1 Å². The molecule has 0 aliphatic carbocycles. The molecule has 6 heteroatoms. The number of aliphatic carboxylic acids is 1. The molecule has 0 radical (unpaired) electrons. The normalized spacial score (nSPS) is 23.9. The molecule has 1 aliphatic heterocycles. The highest BCUT2D eigenvalue weighted by atomic mass is 16.5. The van der Waals surface area contributed by atoms with E-state index in [1.807, 2.05) is 11.8 Å². The molecule has 0 bridgehead atoms. The number of carboxylic acids is 1. The van der Waals surface area contributed by atoms with Crippen LogP contribution < -0.4 is 0 Å². The van der Waals surface area contributed by atoms with Crippen molar-refractivity contribution in [3.05, 3.63) is 0 Å². The second-order valence-corrected chi connectivity index (χ2v) is 4.80. The molecule has 0 aromatic heterocycles. The predicted octanol–water partition coefficient (Wildman–Crippen LogP) is 0.461. The van der Waals surface area contributed by atoms with Crippen molar-refractivity contribution in [3.8, 4) is 0 Å². The first-order chi connectivity index (χ1) is 9.16. The van der Waals surface area contributed by atoms with E-state index in [0.717, 1.165) is 13.0 Å². The van der Waals surface area contributed by atoms with Crippen LogP contribution in [0, 0.1) is 5.92 Å². The van der Waals surface area contributed by atoms with Crippen LogP contribution in [-0.2, 0) is 19.0 Å². The Hall–Kier alpha value is -0.690. The predicted molar refractivity (Wildman–Crippen MR) is 70.3 cm³/mol. The number of ether oxygens (including phenoxy) is 3. The standard InChI is InChI=1S/C13H25NO5/c1-11-3-4-14(12(11)13(15)16)5-6-18-9-10-19-8-7-17-2/h11-12H,3-10H2,1-2H3,(H,15,16). The number of hydrogen-bond donors (Lipinski definition) is 1. The molecule has 1 rings (SSSR count). The number of carboxylic acid groups (broad SMARTS) is 1. The number of methoxy groups -OCH3 is 1. The third kappa shape index (κ3) is 5.86. The highest BCUT2D eigenvalue weighted by Crippen LogP contribution is 2.23. The summed E-state index contributed by atoms with van der Waals surface area (Å²) in [6.07, 6.45) is 0.942. The number of carbonyl (C=O) groups is 1. The summed E-state index contributed by atoms with van der Waals surface area (Å²) in [6, 6.07) is -0.360. The Morgan fingerprint density at radius 3 is 2.47 bits per heavy atom. The van der Waals surface area contributed by atoms with E-state index in [2.05, 4.69) is 0 Å². The number of nitrogens with zero attached hydrogens (tertiary/aromatic N) is 1. The van der Waals surface area contributed by atoms with E-state index in [1.54, 1.807) is 7.11 Å². The Morgan fingerprint density at radius 1 is 1.21 bits per heavy atom. The average molecular weight is 275 g/mol. The monoisotopic (exact) mass is 275 g/mol. The summed E-state index contributed by atoms with van der Waals surface area (Å²) in [4.78, 5) is 13.1. The van der Waals surface area contributed by atoms with Gasteiger partial charge >= 0.3 is 5.97 Å². The second-order valence-electron chi connectivity index (χ2n) is 4.80. The van der Waals surface area contributed by atoms with Gasteiger partial charge in [-0.3, -0.25) is 9.69 Å². The first kappa shape index (κ1) is 16.4. The topological polar surface area (TPSA) is 68.2 Å². The van der Waals surface area contributed by atoms with Gasteiger partial charge in [0.1, 0.15) is 6.04 Å². The van der Waals surface area contributed by atoms with Crippen LogP contribution in [0.15, 0.2) is 0 Å². The fraction of sp³-hybridized carbons (Fsp3) is 0.923. The molecule has 1 aliphatic rings. The smallest absolute Gasteiger partial charge is 0.321 e. The summed E-state index contributed by atoms with van der Waals surface area (Å²) in [5.41, 5.74) is 0. The molecule has 0 spiro atoms. The molecule has 0 aromatic rings. The van der Waals surface area contributed by atoms with Crippen LogP contribution in [0.4, 0.5) is 0 Å². The molecule has 0 amide bonds. The lowest BCUT2D eigenvalue weighted by atomic mass is 10.0. The molecule has 1 heterocycles. The number of hydrogen-bond acceptors (Lipinski definition) is 5. The minimum absolute atomic E-state index is 0.217. The van der Waals surface area contributed by atoms with E-state index in [4.69, 9.17) is 19.3 Å². The van der Waals surface area contributed by atoms with Gasteiger partial charge in [0, 0.05) is 13.7 Å². The molecular weight excluding hydrogens is 250 g/mol. The van der Waals surface area contributed by atoms with Gasteiger partial charge in [0.15, 0.2) is 0 Å². The first-order valence-electron chi connectivity index (χ1n) is 6.78. The lowest BCUT2D eigenvalue weighted by Crippen LogP contribution is -2.40. The molecule has 112 valence electrons. The van der Waals surface area contributed by atoms with Gasteiger partial charge in [0.25, 0.3) is 0 Å². The lowest BCUT2D eigenvalue weighted by molar-refractivity contribution is -0.143. The van der Waals surface area contributed by atoms with E-state index in [9.17, 15) is 4.79 Å². The summed E-state index contributed by atoms with van der Waals surface area (Å²) in [7, 11) is 1.63. The Kier molecular flexibility index (Phi) is 7.97. The molecule has 6 nitrogen and oxygen atoms in total. The van der Waals surface area contributed by atoms with E-state index in [1.165, 1.54) is 0 Å². The zero-order chi connectivity index (χ0) is 14.1. The Morgan fingerprint density at radius 2 is 1.84 bits per heavy atom. The fourth-order valence-electron chi connectivity index (χ4n) is 2.32. The Balaban J connectivity index is 2.04. The van der Waals surface area contributed by atoms with Gasteiger partial charge in [-0.05, 0) is 18.9 Å². The summed E-state index contributed by atoms with van der Waals surface area (Å²) in [6.45, 7) is 6.28. The van der Waals surface area contributed by atoms with Gasteiger partial charge in [0.05, 0.1) is 33.0 Å². The maximum absolute atomic E-state index is 11.1. The van der Waals surface area contributed by atoms with E-state index < -0.39 is 5.97 Å². The molecule has 2 unspecified atom stereocenters. The third-order valence-electron chi connectivity index (χ3n) is 3.38. The minimum atomic E-state index is -0.729. The quantitative estimate of drug-likeness (QED) is 0.584. The van der Waals surface area contributed by atoms with Crippen molar-refractivity contribution >= 4 is 5.97 Å². The maximum atomic E-state index is 11.1. The van der Waals surface area contributed by atoms with Crippen LogP contribution in [0.3, 0.4) is 0 Å². The second kappa shape index (κ2) is 9.25. The van der Waals surface area contributed by atoms with Crippen molar-refractivity contribution in [2.45, 2.75) is 19.4 Å². The number of likely N-dealkylation sites (tertiary alicyclic amines) is 1. The third-order valence-corrected chi connectivity index (χ3v) is 3.38. The van der Waals surface area contributed by atoms with Crippen LogP contribution in [-0.4, -0.2) is 75.3 Å². The number of rotatable bonds is 10. The van der Waals surface area contributed by atoms with Crippen molar-refractivity contribution in [2.75, 3.05) is 53.2 Å². The van der Waals surface area contributed by atoms with Crippen molar-refractivity contribution in [1.29, 1.82) is 0 Å². The average Bonchev–Trinajstić information content (AvgIpc) is 2.74. The Labute approximate surface area is 114 Å². The molecule has 1 fully saturated rings. The molecule has 2 atom stereocenters. The van der Waals surface area contributed by atoms with Crippen molar-refractivity contribution in [2.24, 2.45) is 5.92 Å². The van der Waals surface area contributed by atoms with Crippen molar-refractivity contribution in [1.82, 2.24) is 4.90 Å². The maximum Gasteiger partial charge on any atom is 0.321 e. The van der Waals surface area contributed by atoms with Crippen LogP contribution >= 0.6 is 0 Å². The van der Waals surface area contributed by atoms with Crippen LogP contribution in [0.25, 0.3) is 0 Å². The van der Waals surface area contributed by atoms with Gasteiger partial charge in [-0.1, -0.05) is 6.92 Å².